The highest BCUT2D eigenvalue weighted by atomic mass is 16.3. The highest BCUT2D eigenvalue weighted by molar-refractivity contribution is 4.82. The van der Waals surface area contributed by atoms with Crippen LogP contribution in [0.15, 0.2) is 0 Å². The summed E-state index contributed by atoms with van der Waals surface area (Å²) in [7, 11) is 0. The molecule has 1 heteroatoms. The molecule has 3 atom stereocenters. The Balaban J connectivity index is 2.51. The van der Waals surface area contributed by atoms with Gasteiger partial charge in [0.25, 0.3) is 0 Å². The topological polar surface area (TPSA) is 20.2 Å². The normalized spacial score (nSPS) is 34.6. The average molecular weight is 156 g/mol. The molecule has 3 unspecified atom stereocenters. The Morgan fingerprint density at radius 1 is 1.09 bits per heavy atom. The maximum atomic E-state index is 9.47. The molecule has 11 heavy (non-hydrogen) atoms. The van der Waals surface area contributed by atoms with E-state index in [0.717, 1.165) is 11.8 Å². The molecule has 0 aliphatic heterocycles. The second-order valence-corrected chi connectivity index (χ2v) is 4.24. The van der Waals surface area contributed by atoms with Gasteiger partial charge >= 0.3 is 0 Å². The number of rotatable bonds is 2. The van der Waals surface area contributed by atoms with Crippen molar-refractivity contribution in [2.45, 2.75) is 46.1 Å². The lowest BCUT2D eigenvalue weighted by Gasteiger charge is -2.25. The summed E-state index contributed by atoms with van der Waals surface area (Å²) in [5.41, 5.74) is 0. The molecule has 0 aromatic rings. The highest BCUT2D eigenvalue weighted by Crippen LogP contribution is 2.38. The summed E-state index contributed by atoms with van der Waals surface area (Å²) in [5.74, 6) is 2.10. The minimum atomic E-state index is -0.0927. The molecule has 1 rings (SSSR count). The summed E-state index contributed by atoms with van der Waals surface area (Å²) >= 11 is 0. The van der Waals surface area contributed by atoms with E-state index in [4.69, 9.17) is 0 Å². The van der Waals surface area contributed by atoms with Gasteiger partial charge in [-0.2, -0.15) is 0 Å². The molecule has 1 aliphatic rings. The quantitative estimate of drug-likeness (QED) is 0.651. The Labute approximate surface area is 69.8 Å². The number of aliphatic hydroxyl groups is 1. The summed E-state index contributed by atoms with van der Waals surface area (Å²) < 4.78 is 0. The van der Waals surface area contributed by atoms with Crippen LogP contribution in [0.25, 0.3) is 0 Å². The molecule has 1 aliphatic carbocycles. The van der Waals surface area contributed by atoms with Crippen LogP contribution < -0.4 is 0 Å². The standard InChI is InChI=1S/C10H20O/c1-7(2)9-5-4-6-10(9)8(3)11/h7-11H,4-6H2,1-3H3. The monoisotopic (exact) mass is 156 g/mol. The second-order valence-electron chi connectivity index (χ2n) is 4.24. The summed E-state index contributed by atoms with van der Waals surface area (Å²) in [6.07, 6.45) is 3.79. The summed E-state index contributed by atoms with van der Waals surface area (Å²) in [4.78, 5) is 0. The van der Waals surface area contributed by atoms with Gasteiger partial charge in [-0.15, -0.1) is 0 Å². The molecular formula is C10H20O. The van der Waals surface area contributed by atoms with Crippen LogP contribution in [0.2, 0.25) is 0 Å². The van der Waals surface area contributed by atoms with Gasteiger partial charge in [0.05, 0.1) is 6.10 Å². The first-order chi connectivity index (χ1) is 5.13. The average Bonchev–Trinajstić information content (AvgIpc) is 2.32. The van der Waals surface area contributed by atoms with Crippen molar-refractivity contribution in [1.29, 1.82) is 0 Å². The molecule has 66 valence electrons. The van der Waals surface area contributed by atoms with E-state index in [1.54, 1.807) is 0 Å². The van der Waals surface area contributed by atoms with Crippen LogP contribution in [0, 0.1) is 17.8 Å². The Morgan fingerprint density at radius 3 is 2.00 bits per heavy atom. The van der Waals surface area contributed by atoms with Crippen LogP contribution in [-0.4, -0.2) is 11.2 Å². The van der Waals surface area contributed by atoms with E-state index >= 15 is 0 Å². The van der Waals surface area contributed by atoms with Crippen molar-refractivity contribution in [3.05, 3.63) is 0 Å². The van der Waals surface area contributed by atoms with Crippen molar-refractivity contribution in [3.63, 3.8) is 0 Å². The Bertz CT molecular complexity index is 104. The van der Waals surface area contributed by atoms with Crippen molar-refractivity contribution in [1.82, 2.24) is 0 Å². The molecule has 0 aromatic heterocycles. The number of hydrogen-bond acceptors (Lipinski definition) is 1. The van der Waals surface area contributed by atoms with Crippen LogP contribution in [0.5, 0.6) is 0 Å². The molecule has 1 nitrogen and oxygen atoms in total. The molecule has 1 N–H and O–H groups in total. The minimum absolute atomic E-state index is 0.0927. The molecule has 0 heterocycles. The van der Waals surface area contributed by atoms with E-state index in [0.29, 0.717) is 5.92 Å². The van der Waals surface area contributed by atoms with Gasteiger partial charge in [0.1, 0.15) is 0 Å². The lowest BCUT2D eigenvalue weighted by molar-refractivity contribution is 0.0873. The lowest BCUT2D eigenvalue weighted by Crippen LogP contribution is -2.24. The zero-order valence-corrected chi connectivity index (χ0v) is 7.88. The van der Waals surface area contributed by atoms with Crippen molar-refractivity contribution in [3.8, 4) is 0 Å². The zero-order chi connectivity index (χ0) is 8.43. The molecule has 1 fully saturated rings. The number of aliphatic hydroxyl groups excluding tert-OH is 1. The molecular weight excluding hydrogens is 136 g/mol. The molecule has 0 radical (unpaired) electrons. The summed E-state index contributed by atoms with van der Waals surface area (Å²) in [6.45, 7) is 6.47. The molecule has 0 spiro atoms. The van der Waals surface area contributed by atoms with Crippen molar-refractivity contribution < 1.29 is 5.11 Å². The van der Waals surface area contributed by atoms with E-state index in [1.165, 1.54) is 19.3 Å². The fraction of sp³-hybridized carbons (Fsp3) is 1.00. The van der Waals surface area contributed by atoms with E-state index < -0.39 is 0 Å². The van der Waals surface area contributed by atoms with E-state index in [1.807, 2.05) is 6.92 Å². The first kappa shape index (κ1) is 9.05. The van der Waals surface area contributed by atoms with Crippen LogP contribution in [0.4, 0.5) is 0 Å². The first-order valence-electron chi connectivity index (χ1n) is 4.81. The Kier molecular flexibility index (Phi) is 2.94. The van der Waals surface area contributed by atoms with E-state index in [9.17, 15) is 5.11 Å². The van der Waals surface area contributed by atoms with Gasteiger partial charge < -0.3 is 5.11 Å². The van der Waals surface area contributed by atoms with Gasteiger partial charge in [-0.3, -0.25) is 0 Å². The van der Waals surface area contributed by atoms with Crippen LogP contribution in [-0.2, 0) is 0 Å². The smallest absolute Gasteiger partial charge is 0.0543 e. The van der Waals surface area contributed by atoms with Gasteiger partial charge in [-0.25, -0.2) is 0 Å². The van der Waals surface area contributed by atoms with Crippen LogP contribution in [0.1, 0.15) is 40.0 Å². The maximum absolute atomic E-state index is 9.47. The fourth-order valence-corrected chi connectivity index (χ4v) is 2.44. The van der Waals surface area contributed by atoms with Gasteiger partial charge in [-0.1, -0.05) is 20.3 Å². The highest BCUT2D eigenvalue weighted by Gasteiger charge is 2.32. The van der Waals surface area contributed by atoms with Gasteiger partial charge in [0, 0.05) is 0 Å². The van der Waals surface area contributed by atoms with Gasteiger partial charge in [0.15, 0.2) is 0 Å². The Hall–Kier alpha value is -0.0400. The zero-order valence-electron chi connectivity index (χ0n) is 7.88. The van der Waals surface area contributed by atoms with Crippen molar-refractivity contribution in [2.24, 2.45) is 17.8 Å². The maximum Gasteiger partial charge on any atom is 0.0543 e. The van der Waals surface area contributed by atoms with Crippen LogP contribution in [0.3, 0.4) is 0 Å². The largest absolute Gasteiger partial charge is 0.393 e. The third-order valence-electron chi connectivity index (χ3n) is 3.10. The Morgan fingerprint density at radius 2 is 1.64 bits per heavy atom. The molecule has 1 saturated carbocycles. The predicted molar refractivity (Wildman–Crippen MR) is 47.3 cm³/mol. The van der Waals surface area contributed by atoms with E-state index in [-0.39, 0.29) is 6.10 Å². The minimum Gasteiger partial charge on any atom is -0.393 e. The van der Waals surface area contributed by atoms with Crippen molar-refractivity contribution in [2.75, 3.05) is 0 Å². The first-order valence-corrected chi connectivity index (χ1v) is 4.81. The SMILES string of the molecule is CC(C)C1CCCC1C(C)O. The third kappa shape index (κ3) is 1.96. The fourth-order valence-electron chi connectivity index (χ4n) is 2.44. The third-order valence-corrected chi connectivity index (χ3v) is 3.10. The summed E-state index contributed by atoms with van der Waals surface area (Å²) in [5, 5.41) is 9.47. The van der Waals surface area contributed by atoms with Gasteiger partial charge in [-0.05, 0) is 37.5 Å². The lowest BCUT2D eigenvalue weighted by atomic mass is 9.83. The van der Waals surface area contributed by atoms with Gasteiger partial charge in [0.2, 0.25) is 0 Å². The van der Waals surface area contributed by atoms with Crippen LogP contribution >= 0.6 is 0 Å². The molecule has 0 bridgehead atoms. The molecule has 0 amide bonds. The second kappa shape index (κ2) is 3.57. The molecule has 0 aromatic carbocycles. The van der Waals surface area contributed by atoms with Crippen molar-refractivity contribution >= 4 is 0 Å². The number of hydrogen-bond donors (Lipinski definition) is 1. The van der Waals surface area contributed by atoms with E-state index in [2.05, 4.69) is 13.8 Å². The summed E-state index contributed by atoms with van der Waals surface area (Å²) in [6, 6.07) is 0. The molecule has 0 saturated heterocycles. The predicted octanol–water partition coefficient (Wildman–Crippen LogP) is 2.44.